The number of carbonyl (C=O) groups is 2. The van der Waals surface area contributed by atoms with Gasteiger partial charge in [-0.25, -0.2) is 9.78 Å². The summed E-state index contributed by atoms with van der Waals surface area (Å²) < 4.78 is 4.75. The maximum Gasteiger partial charge on any atom is 0.350 e. The molecule has 0 spiro atoms. The predicted molar refractivity (Wildman–Crippen MR) is 77.3 cm³/mol. The fraction of sp³-hybridized carbons (Fsp3) is 0.615. The van der Waals surface area contributed by atoms with Crippen molar-refractivity contribution >= 4 is 28.3 Å². The van der Waals surface area contributed by atoms with Crippen LogP contribution in [0.15, 0.2) is 0 Å². The molecule has 0 aromatic carbocycles. The number of aryl methyl sites for hydroxylation is 1. The number of piperazine rings is 1. The van der Waals surface area contributed by atoms with Crippen molar-refractivity contribution in [3.05, 3.63) is 10.6 Å². The topological polar surface area (TPSA) is 62.7 Å². The number of anilines is 1. The van der Waals surface area contributed by atoms with Crippen molar-refractivity contribution in [1.29, 1.82) is 0 Å². The van der Waals surface area contributed by atoms with Crippen molar-refractivity contribution in [3.8, 4) is 0 Å². The first kappa shape index (κ1) is 14.8. The van der Waals surface area contributed by atoms with Crippen LogP contribution < -0.4 is 4.90 Å². The van der Waals surface area contributed by atoms with Gasteiger partial charge in [0.1, 0.15) is 10.4 Å². The summed E-state index contributed by atoms with van der Waals surface area (Å²) in [4.78, 5) is 32.5. The van der Waals surface area contributed by atoms with Gasteiger partial charge in [0.15, 0.2) is 5.13 Å². The number of amides is 1. The average Bonchev–Trinajstić information content (AvgIpc) is 2.77. The van der Waals surface area contributed by atoms with Crippen LogP contribution in [0.1, 0.15) is 29.2 Å². The fourth-order valence-electron chi connectivity index (χ4n) is 2.33. The molecule has 2 heterocycles. The molecule has 1 saturated heterocycles. The molecule has 1 amide bonds. The molecule has 110 valence electrons. The van der Waals surface area contributed by atoms with Crippen LogP contribution in [0.4, 0.5) is 5.13 Å². The monoisotopic (exact) mass is 297 g/mol. The van der Waals surface area contributed by atoms with Gasteiger partial charge in [-0.1, -0.05) is 11.3 Å². The van der Waals surface area contributed by atoms with Gasteiger partial charge in [0, 0.05) is 20.1 Å². The van der Waals surface area contributed by atoms with Crippen LogP contribution in [-0.4, -0.2) is 54.5 Å². The number of nitrogens with zero attached hydrogens (tertiary/aromatic N) is 3. The highest BCUT2D eigenvalue weighted by atomic mass is 32.1. The van der Waals surface area contributed by atoms with Gasteiger partial charge in [-0.15, -0.1) is 0 Å². The summed E-state index contributed by atoms with van der Waals surface area (Å²) in [5, 5.41) is 0.689. The SMILES string of the molecule is COC(=O)c1sc(N2CCN(C)C(=O)C2(C)C)nc1C. The van der Waals surface area contributed by atoms with Crippen molar-refractivity contribution in [2.24, 2.45) is 0 Å². The summed E-state index contributed by atoms with van der Waals surface area (Å²) >= 11 is 1.27. The van der Waals surface area contributed by atoms with E-state index in [0.29, 0.717) is 28.8 Å². The maximum atomic E-state index is 12.3. The standard InChI is InChI=1S/C13H19N3O3S/c1-8-9(10(17)19-5)20-12(14-8)16-7-6-15(4)11(18)13(16,2)3/h6-7H2,1-5H3. The molecule has 1 aliphatic heterocycles. The molecule has 0 aliphatic carbocycles. The zero-order chi connectivity index (χ0) is 15.1. The smallest absolute Gasteiger partial charge is 0.350 e. The molecule has 0 atom stereocenters. The average molecular weight is 297 g/mol. The van der Waals surface area contributed by atoms with Gasteiger partial charge in [0.25, 0.3) is 0 Å². The number of likely N-dealkylation sites (N-methyl/N-ethyl adjacent to an activating group) is 1. The van der Waals surface area contributed by atoms with E-state index >= 15 is 0 Å². The number of hydrogen-bond donors (Lipinski definition) is 0. The third kappa shape index (κ3) is 2.26. The zero-order valence-electron chi connectivity index (χ0n) is 12.4. The Morgan fingerprint density at radius 3 is 2.65 bits per heavy atom. The lowest BCUT2D eigenvalue weighted by atomic mass is 9.99. The molecule has 0 unspecified atom stereocenters. The molecule has 7 heteroatoms. The molecule has 1 fully saturated rings. The summed E-state index contributed by atoms with van der Waals surface area (Å²) in [5.41, 5.74) is -0.0240. The molecule has 0 bridgehead atoms. The van der Waals surface area contributed by atoms with Crippen LogP contribution in [0.5, 0.6) is 0 Å². The maximum absolute atomic E-state index is 12.3. The van der Waals surface area contributed by atoms with E-state index in [2.05, 4.69) is 4.98 Å². The van der Waals surface area contributed by atoms with Crippen LogP contribution in [0.25, 0.3) is 0 Å². The van der Waals surface area contributed by atoms with E-state index in [1.807, 2.05) is 18.7 Å². The molecule has 0 N–H and O–H groups in total. The van der Waals surface area contributed by atoms with Crippen LogP contribution in [0, 0.1) is 6.92 Å². The number of thiazole rings is 1. The second-order valence-corrected chi connectivity index (χ2v) is 6.32. The molecule has 1 aromatic heterocycles. The molecule has 6 nitrogen and oxygen atoms in total. The number of carbonyl (C=O) groups excluding carboxylic acids is 2. The van der Waals surface area contributed by atoms with E-state index in [-0.39, 0.29) is 11.9 Å². The lowest BCUT2D eigenvalue weighted by molar-refractivity contribution is -0.136. The van der Waals surface area contributed by atoms with Gasteiger partial charge in [0.05, 0.1) is 12.8 Å². The van der Waals surface area contributed by atoms with Gasteiger partial charge >= 0.3 is 5.97 Å². The van der Waals surface area contributed by atoms with Gasteiger partial charge in [-0.3, -0.25) is 4.79 Å². The highest BCUT2D eigenvalue weighted by Gasteiger charge is 2.42. The van der Waals surface area contributed by atoms with E-state index in [1.54, 1.807) is 18.9 Å². The second kappa shape index (κ2) is 5.05. The first-order valence-corrected chi connectivity index (χ1v) is 7.19. The van der Waals surface area contributed by atoms with Crippen molar-refractivity contribution < 1.29 is 14.3 Å². The summed E-state index contributed by atoms with van der Waals surface area (Å²) in [7, 11) is 3.15. The largest absolute Gasteiger partial charge is 0.465 e. The van der Waals surface area contributed by atoms with Gasteiger partial charge in [-0.05, 0) is 20.8 Å². The van der Waals surface area contributed by atoms with Gasteiger partial charge in [0.2, 0.25) is 5.91 Å². The highest BCUT2D eigenvalue weighted by molar-refractivity contribution is 7.17. The Balaban J connectivity index is 2.37. The van der Waals surface area contributed by atoms with Crippen molar-refractivity contribution in [3.63, 3.8) is 0 Å². The van der Waals surface area contributed by atoms with Crippen molar-refractivity contribution in [2.45, 2.75) is 26.3 Å². The first-order valence-electron chi connectivity index (χ1n) is 6.38. The number of ether oxygens (including phenoxy) is 1. The minimum Gasteiger partial charge on any atom is -0.465 e. The Bertz CT molecular complexity index is 553. The molecule has 1 aliphatic rings. The lowest BCUT2D eigenvalue weighted by Crippen LogP contribution is -2.62. The van der Waals surface area contributed by atoms with Crippen LogP contribution in [0.2, 0.25) is 0 Å². The van der Waals surface area contributed by atoms with E-state index in [4.69, 9.17) is 4.74 Å². The quantitative estimate of drug-likeness (QED) is 0.770. The molecular weight excluding hydrogens is 278 g/mol. The van der Waals surface area contributed by atoms with Gasteiger partial charge in [-0.2, -0.15) is 0 Å². The summed E-state index contributed by atoms with van der Waals surface area (Å²) in [5.74, 6) is -0.333. The van der Waals surface area contributed by atoms with Crippen LogP contribution in [0.3, 0.4) is 0 Å². The summed E-state index contributed by atoms with van der Waals surface area (Å²) in [6, 6.07) is 0. The fourth-order valence-corrected chi connectivity index (χ4v) is 3.48. The van der Waals surface area contributed by atoms with E-state index in [0.717, 1.165) is 0 Å². The van der Waals surface area contributed by atoms with Crippen molar-refractivity contribution in [2.75, 3.05) is 32.1 Å². The van der Waals surface area contributed by atoms with Gasteiger partial charge < -0.3 is 14.5 Å². The highest BCUT2D eigenvalue weighted by Crippen LogP contribution is 2.33. The number of hydrogen-bond acceptors (Lipinski definition) is 6. The molecule has 20 heavy (non-hydrogen) atoms. The zero-order valence-corrected chi connectivity index (χ0v) is 13.2. The number of methoxy groups -OCH3 is 1. The Kier molecular flexibility index (Phi) is 3.73. The summed E-state index contributed by atoms with van der Waals surface area (Å²) in [6.45, 7) is 6.87. The van der Waals surface area contributed by atoms with E-state index < -0.39 is 5.54 Å². The molecule has 0 radical (unpaired) electrons. The van der Waals surface area contributed by atoms with E-state index in [1.165, 1.54) is 18.4 Å². The number of rotatable bonds is 2. The van der Waals surface area contributed by atoms with Crippen LogP contribution in [-0.2, 0) is 9.53 Å². The second-order valence-electron chi connectivity index (χ2n) is 5.34. The molecule has 1 aromatic rings. The first-order chi connectivity index (χ1) is 9.28. The number of aromatic nitrogens is 1. The minimum absolute atomic E-state index is 0.0521. The lowest BCUT2D eigenvalue weighted by Gasteiger charge is -2.44. The molecular formula is C13H19N3O3S. The Morgan fingerprint density at radius 2 is 2.05 bits per heavy atom. The molecule has 0 saturated carbocycles. The molecule has 2 rings (SSSR count). The number of esters is 1. The van der Waals surface area contributed by atoms with Crippen molar-refractivity contribution in [1.82, 2.24) is 9.88 Å². The summed E-state index contributed by atoms with van der Waals surface area (Å²) in [6.07, 6.45) is 0. The minimum atomic E-state index is -0.662. The predicted octanol–water partition coefficient (Wildman–Crippen LogP) is 1.30. The Morgan fingerprint density at radius 1 is 1.40 bits per heavy atom. The van der Waals surface area contributed by atoms with E-state index in [9.17, 15) is 9.59 Å². The third-order valence-corrected chi connectivity index (χ3v) is 4.75. The van der Waals surface area contributed by atoms with Crippen LogP contribution >= 0.6 is 11.3 Å². The normalized spacial score (nSPS) is 18.4. The Labute approximate surface area is 122 Å². The third-order valence-electron chi connectivity index (χ3n) is 3.59. The Hall–Kier alpha value is -1.63.